The molecule has 6 nitrogen and oxygen atoms in total. The number of aryl methyl sites for hydroxylation is 1. The number of benzene rings is 1. The maximum Gasteiger partial charge on any atom is 0.433 e. The minimum absolute atomic E-state index is 0.413. The average Bonchev–Trinajstić information content (AvgIpc) is 3.11. The topological polar surface area (TPSA) is 64.9 Å². The van der Waals surface area contributed by atoms with Crippen LogP contribution in [0.5, 0.6) is 11.6 Å². The lowest BCUT2D eigenvalue weighted by molar-refractivity contribution is -0.141. The van der Waals surface area contributed by atoms with Crippen molar-refractivity contribution in [2.24, 2.45) is 7.05 Å². The van der Waals surface area contributed by atoms with Gasteiger partial charge in [0.1, 0.15) is 23.4 Å². The molecule has 0 saturated carbocycles. The molecule has 0 aliphatic heterocycles. The van der Waals surface area contributed by atoms with Crippen molar-refractivity contribution in [3.63, 3.8) is 0 Å². The second-order valence-electron chi connectivity index (χ2n) is 6.74. The molecule has 0 unspecified atom stereocenters. The van der Waals surface area contributed by atoms with E-state index in [0.717, 1.165) is 22.7 Å². The van der Waals surface area contributed by atoms with E-state index in [-0.39, 0.29) is 0 Å². The predicted octanol–water partition coefficient (Wildman–Crippen LogP) is 4.46. The third-order valence-electron chi connectivity index (χ3n) is 4.54. The van der Waals surface area contributed by atoms with Gasteiger partial charge in [-0.1, -0.05) is 18.2 Å². The first-order valence-corrected chi connectivity index (χ1v) is 9.16. The van der Waals surface area contributed by atoms with E-state index in [0.29, 0.717) is 30.3 Å². The van der Waals surface area contributed by atoms with Crippen LogP contribution in [-0.4, -0.2) is 19.5 Å². The monoisotopic (exact) mass is 413 g/mol. The van der Waals surface area contributed by atoms with Gasteiger partial charge in [-0.25, -0.2) is 9.97 Å². The summed E-state index contributed by atoms with van der Waals surface area (Å²) < 4.78 is 45.4. The van der Waals surface area contributed by atoms with Crippen LogP contribution in [0.4, 0.5) is 13.2 Å². The van der Waals surface area contributed by atoms with E-state index in [2.05, 4.69) is 20.3 Å². The molecule has 0 amide bonds. The second-order valence-corrected chi connectivity index (χ2v) is 6.74. The Balaban J connectivity index is 1.34. The lowest BCUT2D eigenvalue weighted by Crippen LogP contribution is -2.14. The Bertz CT molecular complexity index is 1140. The smallest absolute Gasteiger partial charge is 0.433 e. The van der Waals surface area contributed by atoms with E-state index in [1.807, 2.05) is 48.1 Å². The molecule has 0 atom stereocenters. The van der Waals surface area contributed by atoms with Crippen molar-refractivity contribution >= 4 is 11.0 Å². The molecule has 3 heterocycles. The van der Waals surface area contributed by atoms with Gasteiger partial charge in [0.25, 0.3) is 0 Å². The molecular weight excluding hydrogens is 395 g/mol. The van der Waals surface area contributed by atoms with Crippen molar-refractivity contribution in [1.82, 2.24) is 24.8 Å². The summed E-state index contributed by atoms with van der Waals surface area (Å²) in [6, 6.07) is 11.8. The molecule has 154 valence electrons. The minimum Gasteiger partial charge on any atom is -0.438 e. The van der Waals surface area contributed by atoms with Crippen molar-refractivity contribution < 1.29 is 17.9 Å². The lowest BCUT2D eigenvalue weighted by Gasteiger charge is -2.09. The van der Waals surface area contributed by atoms with Gasteiger partial charge in [-0.15, -0.1) is 0 Å². The molecule has 4 aromatic rings. The Morgan fingerprint density at radius 3 is 2.37 bits per heavy atom. The maximum atomic E-state index is 12.5. The van der Waals surface area contributed by atoms with Gasteiger partial charge >= 0.3 is 6.18 Å². The SMILES string of the molecule is Cn1ccc2c(Oc3ccc(CNCc4ccc(C(F)(F)F)nc4)cc3)ncnc21. The highest BCUT2D eigenvalue weighted by Crippen LogP contribution is 2.28. The Labute approximate surface area is 170 Å². The van der Waals surface area contributed by atoms with E-state index in [9.17, 15) is 13.2 Å². The Morgan fingerprint density at radius 2 is 1.67 bits per heavy atom. The predicted molar refractivity (Wildman–Crippen MR) is 105 cm³/mol. The van der Waals surface area contributed by atoms with Gasteiger partial charge in [0, 0.05) is 32.5 Å². The van der Waals surface area contributed by atoms with Gasteiger partial charge in [-0.05, 0) is 35.4 Å². The van der Waals surface area contributed by atoms with Crippen molar-refractivity contribution in [2.75, 3.05) is 0 Å². The summed E-state index contributed by atoms with van der Waals surface area (Å²) >= 11 is 0. The highest BCUT2D eigenvalue weighted by atomic mass is 19.4. The molecule has 0 aliphatic carbocycles. The summed E-state index contributed by atoms with van der Waals surface area (Å²) in [5.74, 6) is 1.14. The molecular formula is C21H18F3N5O. The molecule has 0 saturated heterocycles. The molecule has 30 heavy (non-hydrogen) atoms. The van der Waals surface area contributed by atoms with Crippen LogP contribution < -0.4 is 10.1 Å². The van der Waals surface area contributed by atoms with Crippen LogP contribution in [0.25, 0.3) is 11.0 Å². The number of hydrogen-bond acceptors (Lipinski definition) is 5. The zero-order valence-electron chi connectivity index (χ0n) is 16.0. The van der Waals surface area contributed by atoms with Crippen LogP contribution in [0.2, 0.25) is 0 Å². The highest BCUT2D eigenvalue weighted by Gasteiger charge is 2.31. The largest absolute Gasteiger partial charge is 0.438 e. The standard InChI is InChI=1S/C21H18F3N5O/c1-29-9-8-17-19(29)27-13-28-20(17)30-16-5-2-14(3-6-16)10-25-11-15-4-7-18(26-12-15)21(22,23)24/h2-9,12-13,25H,10-11H2,1H3. The van der Waals surface area contributed by atoms with E-state index in [1.54, 1.807) is 0 Å². The Hall–Kier alpha value is -3.46. The second kappa shape index (κ2) is 8.11. The first kappa shape index (κ1) is 19.8. The average molecular weight is 413 g/mol. The summed E-state index contributed by atoms with van der Waals surface area (Å²) in [5.41, 5.74) is 1.59. The van der Waals surface area contributed by atoms with Crippen LogP contribution in [0, 0.1) is 0 Å². The van der Waals surface area contributed by atoms with Gasteiger partial charge in [-0.3, -0.25) is 4.98 Å². The number of rotatable bonds is 6. The quantitative estimate of drug-likeness (QED) is 0.506. The molecule has 1 N–H and O–H groups in total. The van der Waals surface area contributed by atoms with Crippen LogP contribution in [0.1, 0.15) is 16.8 Å². The first-order chi connectivity index (χ1) is 14.4. The summed E-state index contributed by atoms with van der Waals surface area (Å²) in [6.07, 6.45) is 0.172. The van der Waals surface area contributed by atoms with Gasteiger partial charge < -0.3 is 14.6 Å². The number of hydrogen-bond donors (Lipinski definition) is 1. The molecule has 1 aromatic carbocycles. The zero-order chi connectivity index (χ0) is 21.1. The number of fused-ring (bicyclic) bond motifs is 1. The van der Waals surface area contributed by atoms with Crippen LogP contribution >= 0.6 is 0 Å². The van der Waals surface area contributed by atoms with Gasteiger partial charge in [0.15, 0.2) is 0 Å². The number of nitrogens with zero attached hydrogens (tertiary/aromatic N) is 4. The number of ether oxygens (including phenoxy) is 1. The Kier molecular flexibility index (Phi) is 5.37. The van der Waals surface area contributed by atoms with E-state index in [1.165, 1.54) is 18.6 Å². The summed E-state index contributed by atoms with van der Waals surface area (Å²) in [7, 11) is 1.90. The molecule has 9 heteroatoms. The maximum absolute atomic E-state index is 12.5. The van der Waals surface area contributed by atoms with Crippen LogP contribution in [0.15, 0.2) is 61.2 Å². The third-order valence-corrected chi connectivity index (χ3v) is 4.54. The normalized spacial score (nSPS) is 11.7. The van der Waals surface area contributed by atoms with E-state index < -0.39 is 11.9 Å². The zero-order valence-corrected chi connectivity index (χ0v) is 16.0. The fourth-order valence-electron chi connectivity index (χ4n) is 2.97. The number of halogens is 3. The molecule has 0 radical (unpaired) electrons. The summed E-state index contributed by atoms with van der Waals surface area (Å²) in [6.45, 7) is 0.966. The van der Waals surface area contributed by atoms with Gasteiger partial charge in [0.05, 0.1) is 5.39 Å². The molecule has 0 bridgehead atoms. The van der Waals surface area contributed by atoms with Gasteiger partial charge in [-0.2, -0.15) is 13.2 Å². The van der Waals surface area contributed by atoms with Gasteiger partial charge in [0.2, 0.25) is 5.88 Å². The molecule has 0 aliphatic rings. The molecule has 3 aromatic heterocycles. The summed E-state index contributed by atoms with van der Waals surface area (Å²) in [5, 5.41) is 4.02. The number of nitrogens with one attached hydrogen (secondary N) is 1. The van der Waals surface area contributed by atoms with Crippen molar-refractivity contribution in [2.45, 2.75) is 19.3 Å². The van der Waals surface area contributed by atoms with E-state index in [4.69, 9.17) is 4.74 Å². The fraction of sp³-hybridized carbons (Fsp3) is 0.190. The number of aromatic nitrogens is 4. The minimum atomic E-state index is -4.42. The third kappa shape index (κ3) is 4.41. The molecule has 0 fully saturated rings. The summed E-state index contributed by atoms with van der Waals surface area (Å²) in [4.78, 5) is 11.9. The fourth-order valence-corrected chi connectivity index (χ4v) is 2.97. The van der Waals surface area contributed by atoms with E-state index >= 15 is 0 Å². The van der Waals surface area contributed by atoms with Crippen LogP contribution in [-0.2, 0) is 26.3 Å². The number of pyridine rings is 1. The van der Waals surface area contributed by atoms with Crippen molar-refractivity contribution in [3.05, 3.63) is 78.0 Å². The molecule has 4 rings (SSSR count). The van der Waals surface area contributed by atoms with Crippen molar-refractivity contribution in [1.29, 1.82) is 0 Å². The van der Waals surface area contributed by atoms with Crippen molar-refractivity contribution in [3.8, 4) is 11.6 Å². The molecule has 0 spiro atoms. The highest BCUT2D eigenvalue weighted by molar-refractivity contribution is 5.81. The Morgan fingerprint density at radius 1 is 0.933 bits per heavy atom. The van der Waals surface area contributed by atoms with Crippen LogP contribution in [0.3, 0.4) is 0 Å². The first-order valence-electron chi connectivity index (χ1n) is 9.16. The lowest BCUT2D eigenvalue weighted by atomic mass is 10.2. The number of alkyl halides is 3.